The van der Waals surface area contributed by atoms with Gasteiger partial charge in [-0.1, -0.05) is 0 Å². The summed E-state index contributed by atoms with van der Waals surface area (Å²) in [4.78, 5) is 4.44. The monoisotopic (exact) mass is 251 g/mol. The van der Waals surface area contributed by atoms with E-state index in [9.17, 15) is 9.50 Å². The van der Waals surface area contributed by atoms with Crippen molar-refractivity contribution < 1.29 is 9.50 Å². The largest absolute Gasteiger partial charge is 0.388 e. The molecule has 1 unspecified atom stereocenters. The van der Waals surface area contributed by atoms with Crippen LogP contribution in [0.15, 0.2) is 18.2 Å². The van der Waals surface area contributed by atoms with E-state index in [1.807, 2.05) is 11.5 Å². The average Bonchev–Trinajstić information content (AvgIpc) is 2.64. The molecule has 2 rings (SSSR count). The van der Waals surface area contributed by atoms with E-state index in [0.29, 0.717) is 13.0 Å². The van der Waals surface area contributed by atoms with Gasteiger partial charge in [-0.25, -0.2) is 9.37 Å². The van der Waals surface area contributed by atoms with Crippen LogP contribution >= 0.6 is 0 Å². The van der Waals surface area contributed by atoms with Crippen LogP contribution in [-0.4, -0.2) is 26.8 Å². The Bertz CT molecular complexity index is 563. The zero-order valence-electron chi connectivity index (χ0n) is 10.7. The standard InChI is InChI=1S/C13H18FN3O/c1-3-17-11-6-9(14)4-5-10(11)16-12(17)7-13(2,18)8-15/h4-6,18H,3,7-8,15H2,1-2H3. The molecule has 0 aliphatic carbocycles. The van der Waals surface area contributed by atoms with Crippen LogP contribution in [-0.2, 0) is 13.0 Å². The van der Waals surface area contributed by atoms with Crippen molar-refractivity contribution in [2.24, 2.45) is 5.73 Å². The Hall–Kier alpha value is -1.46. The minimum atomic E-state index is -0.993. The lowest BCUT2D eigenvalue weighted by Crippen LogP contribution is -2.37. The van der Waals surface area contributed by atoms with Gasteiger partial charge < -0.3 is 15.4 Å². The number of aryl methyl sites for hydroxylation is 1. The summed E-state index contributed by atoms with van der Waals surface area (Å²) in [6, 6.07) is 4.50. The predicted molar refractivity (Wildman–Crippen MR) is 68.7 cm³/mol. The summed E-state index contributed by atoms with van der Waals surface area (Å²) < 4.78 is 15.2. The van der Waals surface area contributed by atoms with E-state index in [1.54, 1.807) is 13.0 Å². The van der Waals surface area contributed by atoms with E-state index in [1.165, 1.54) is 12.1 Å². The molecule has 0 fully saturated rings. The molecule has 0 saturated carbocycles. The molecule has 0 aliphatic heterocycles. The molecule has 18 heavy (non-hydrogen) atoms. The smallest absolute Gasteiger partial charge is 0.125 e. The molecule has 1 aromatic heterocycles. The second kappa shape index (κ2) is 4.66. The van der Waals surface area contributed by atoms with Crippen LogP contribution in [0, 0.1) is 5.82 Å². The van der Waals surface area contributed by atoms with Gasteiger partial charge >= 0.3 is 0 Å². The normalized spacial score (nSPS) is 14.9. The number of aliphatic hydroxyl groups is 1. The van der Waals surface area contributed by atoms with Gasteiger partial charge in [0.05, 0.1) is 16.6 Å². The molecule has 3 N–H and O–H groups in total. The number of rotatable bonds is 4. The van der Waals surface area contributed by atoms with Gasteiger partial charge in [-0.2, -0.15) is 0 Å². The quantitative estimate of drug-likeness (QED) is 0.864. The highest BCUT2D eigenvalue weighted by molar-refractivity contribution is 5.76. The maximum atomic E-state index is 13.3. The van der Waals surface area contributed by atoms with Gasteiger partial charge in [0.25, 0.3) is 0 Å². The first-order valence-electron chi connectivity index (χ1n) is 6.04. The fourth-order valence-electron chi connectivity index (χ4n) is 2.05. The van der Waals surface area contributed by atoms with Crippen molar-refractivity contribution in [1.82, 2.24) is 9.55 Å². The van der Waals surface area contributed by atoms with Crippen molar-refractivity contribution in [2.45, 2.75) is 32.4 Å². The Morgan fingerprint density at radius 2 is 2.22 bits per heavy atom. The number of nitrogens with zero attached hydrogens (tertiary/aromatic N) is 2. The number of halogens is 1. The van der Waals surface area contributed by atoms with Crippen LogP contribution in [0.4, 0.5) is 4.39 Å². The highest BCUT2D eigenvalue weighted by Crippen LogP contribution is 2.20. The topological polar surface area (TPSA) is 64.1 Å². The van der Waals surface area contributed by atoms with Crippen LogP contribution in [0.3, 0.4) is 0 Å². The number of hydrogen-bond donors (Lipinski definition) is 2. The summed E-state index contributed by atoms with van der Waals surface area (Å²) in [6.45, 7) is 4.48. The predicted octanol–water partition coefficient (Wildman–Crippen LogP) is 1.45. The summed E-state index contributed by atoms with van der Waals surface area (Å²) in [6.07, 6.45) is 0.355. The van der Waals surface area contributed by atoms with E-state index < -0.39 is 5.60 Å². The zero-order chi connectivity index (χ0) is 13.3. The molecule has 0 saturated heterocycles. The summed E-state index contributed by atoms with van der Waals surface area (Å²) >= 11 is 0. The minimum Gasteiger partial charge on any atom is -0.388 e. The Kier molecular flexibility index (Phi) is 3.36. The van der Waals surface area contributed by atoms with E-state index in [-0.39, 0.29) is 12.4 Å². The lowest BCUT2D eigenvalue weighted by Gasteiger charge is -2.20. The molecule has 1 atom stereocenters. The first kappa shape index (κ1) is 13.0. The van der Waals surface area contributed by atoms with Crippen LogP contribution in [0.2, 0.25) is 0 Å². The Labute approximate surface area is 105 Å². The molecule has 4 nitrogen and oxygen atoms in total. The van der Waals surface area contributed by atoms with E-state index in [2.05, 4.69) is 4.98 Å². The highest BCUT2D eigenvalue weighted by atomic mass is 19.1. The van der Waals surface area contributed by atoms with E-state index in [0.717, 1.165) is 16.9 Å². The molecule has 0 amide bonds. The number of aromatic nitrogens is 2. The molecule has 0 aliphatic rings. The zero-order valence-corrected chi connectivity index (χ0v) is 10.7. The second-order valence-corrected chi connectivity index (χ2v) is 4.78. The van der Waals surface area contributed by atoms with Crippen LogP contribution in [0.25, 0.3) is 11.0 Å². The molecule has 5 heteroatoms. The fraction of sp³-hybridized carbons (Fsp3) is 0.462. The van der Waals surface area contributed by atoms with Crippen molar-refractivity contribution >= 4 is 11.0 Å². The number of benzene rings is 1. The number of imidazole rings is 1. The molecule has 1 heterocycles. The molecule has 1 aromatic carbocycles. The summed E-state index contributed by atoms with van der Waals surface area (Å²) in [5.41, 5.74) is 6.01. The van der Waals surface area contributed by atoms with Crippen molar-refractivity contribution in [2.75, 3.05) is 6.54 Å². The third kappa shape index (κ3) is 2.37. The summed E-state index contributed by atoms with van der Waals surface area (Å²) in [7, 11) is 0. The third-order valence-electron chi connectivity index (χ3n) is 3.08. The Balaban J connectivity index is 2.51. The first-order valence-corrected chi connectivity index (χ1v) is 6.04. The fourth-order valence-corrected chi connectivity index (χ4v) is 2.05. The lowest BCUT2D eigenvalue weighted by atomic mass is 10.0. The maximum Gasteiger partial charge on any atom is 0.125 e. The minimum absolute atomic E-state index is 0.161. The van der Waals surface area contributed by atoms with Gasteiger partial charge in [0.15, 0.2) is 0 Å². The van der Waals surface area contributed by atoms with E-state index >= 15 is 0 Å². The van der Waals surface area contributed by atoms with Gasteiger partial charge in [0.2, 0.25) is 0 Å². The molecular weight excluding hydrogens is 233 g/mol. The molecular formula is C13H18FN3O. The summed E-state index contributed by atoms with van der Waals surface area (Å²) in [5, 5.41) is 10.0. The number of hydrogen-bond acceptors (Lipinski definition) is 3. The van der Waals surface area contributed by atoms with Crippen molar-refractivity contribution in [3.8, 4) is 0 Å². The van der Waals surface area contributed by atoms with Gasteiger partial charge in [-0.05, 0) is 32.0 Å². The average molecular weight is 251 g/mol. The number of fused-ring (bicyclic) bond motifs is 1. The second-order valence-electron chi connectivity index (χ2n) is 4.78. The van der Waals surface area contributed by atoms with E-state index in [4.69, 9.17) is 5.73 Å². The van der Waals surface area contributed by atoms with Crippen molar-refractivity contribution in [3.63, 3.8) is 0 Å². The van der Waals surface area contributed by atoms with Crippen LogP contribution < -0.4 is 5.73 Å². The SMILES string of the molecule is CCn1c(CC(C)(O)CN)nc2ccc(F)cc21. The van der Waals surface area contributed by atoms with Gasteiger partial charge in [0.1, 0.15) is 11.6 Å². The molecule has 0 spiro atoms. The van der Waals surface area contributed by atoms with Crippen molar-refractivity contribution in [1.29, 1.82) is 0 Å². The highest BCUT2D eigenvalue weighted by Gasteiger charge is 2.22. The third-order valence-corrected chi connectivity index (χ3v) is 3.08. The van der Waals surface area contributed by atoms with Gasteiger partial charge in [0, 0.05) is 19.5 Å². The van der Waals surface area contributed by atoms with Gasteiger partial charge in [-0.15, -0.1) is 0 Å². The Morgan fingerprint density at radius 1 is 1.50 bits per heavy atom. The molecule has 98 valence electrons. The molecule has 0 radical (unpaired) electrons. The van der Waals surface area contributed by atoms with Crippen LogP contribution in [0.1, 0.15) is 19.7 Å². The summed E-state index contributed by atoms with van der Waals surface area (Å²) in [5.74, 6) is 0.447. The van der Waals surface area contributed by atoms with Crippen molar-refractivity contribution in [3.05, 3.63) is 29.8 Å². The number of nitrogens with two attached hydrogens (primary N) is 1. The molecule has 2 aromatic rings. The maximum absolute atomic E-state index is 13.3. The van der Waals surface area contributed by atoms with Gasteiger partial charge in [-0.3, -0.25) is 0 Å². The van der Waals surface area contributed by atoms with Crippen LogP contribution in [0.5, 0.6) is 0 Å². The lowest BCUT2D eigenvalue weighted by molar-refractivity contribution is 0.0668. The first-order chi connectivity index (χ1) is 8.46. The molecule has 0 bridgehead atoms. The Morgan fingerprint density at radius 3 is 2.83 bits per heavy atom.